The third-order valence-corrected chi connectivity index (χ3v) is 5.70. The van der Waals surface area contributed by atoms with Crippen LogP contribution in [0.15, 0.2) is 0 Å². The molecular weight excluding hydrogens is 299 g/mol. The molecule has 2 saturated heterocycles. The maximum Gasteiger partial charge on any atom is 0.366 e. The Morgan fingerprint density at radius 3 is 1.23 bits per heavy atom. The molecule has 0 bridgehead atoms. The van der Waals surface area contributed by atoms with Crippen LogP contribution < -0.4 is 0 Å². The molecule has 1 N–H and O–H groups in total. The van der Waals surface area contributed by atoms with Gasteiger partial charge in [0.2, 0.25) is 0 Å². The van der Waals surface area contributed by atoms with E-state index in [9.17, 15) is 4.89 Å². The highest BCUT2D eigenvalue weighted by molar-refractivity contribution is 7.40. The van der Waals surface area contributed by atoms with Gasteiger partial charge in [0.15, 0.2) is 0 Å². The Balaban J connectivity index is 1.88. The smallest absolute Gasteiger partial charge is 0.326 e. The third-order valence-electron chi connectivity index (χ3n) is 5.04. The second-order valence-corrected chi connectivity index (χ2v) is 8.47. The molecule has 0 radical (unpaired) electrons. The summed E-state index contributed by atoms with van der Waals surface area (Å²) < 4.78 is 11.6. The summed E-state index contributed by atoms with van der Waals surface area (Å²) in [7, 11) is -1.91. The first kappa shape index (κ1) is 18.6. The average Bonchev–Trinajstić information content (AvgIpc) is 2.38. The van der Waals surface area contributed by atoms with E-state index in [1.807, 2.05) is 10.1 Å². The zero-order chi connectivity index (χ0) is 16.4. The predicted octanol–water partition coefficient (Wildman–Crippen LogP) is 4.09. The Labute approximate surface area is 136 Å². The van der Waals surface area contributed by atoms with Gasteiger partial charge in [0.1, 0.15) is 0 Å². The molecule has 2 rings (SSSR count). The van der Waals surface area contributed by atoms with Gasteiger partial charge in [-0.05, 0) is 65.2 Å². The average molecular weight is 332 g/mol. The van der Waals surface area contributed by atoms with Crippen LogP contribution in [-0.4, -0.2) is 39.2 Å². The summed E-state index contributed by atoms with van der Waals surface area (Å²) in [5.41, 5.74) is 0. The van der Waals surface area contributed by atoms with Gasteiger partial charge in [-0.3, -0.25) is 0 Å². The van der Waals surface area contributed by atoms with Gasteiger partial charge in [0.05, 0.1) is 0 Å². The van der Waals surface area contributed by atoms with E-state index in [1.54, 1.807) is 0 Å². The van der Waals surface area contributed by atoms with Gasteiger partial charge in [0, 0.05) is 24.2 Å². The highest BCUT2D eigenvalue weighted by atomic mass is 31.2. The number of hydrogen-bond donors (Lipinski definition) is 1. The van der Waals surface area contributed by atoms with Crippen molar-refractivity contribution in [1.82, 2.24) is 10.1 Å². The molecule has 4 atom stereocenters. The topological polar surface area (TPSA) is 45.2 Å². The van der Waals surface area contributed by atoms with Gasteiger partial charge in [-0.15, -0.1) is 0 Å². The Morgan fingerprint density at radius 2 is 0.955 bits per heavy atom. The summed E-state index contributed by atoms with van der Waals surface area (Å²) in [5.74, 6) is 1.42. The molecule has 6 heteroatoms. The van der Waals surface area contributed by atoms with Crippen LogP contribution in [0.3, 0.4) is 0 Å². The first-order chi connectivity index (χ1) is 10.3. The lowest BCUT2D eigenvalue weighted by Crippen LogP contribution is -2.47. The van der Waals surface area contributed by atoms with E-state index in [-0.39, 0.29) is 0 Å². The van der Waals surface area contributed by atoms with Gasteiger partial charge in [-0.1, -0.05) is 13.8 Å². The van der Waals surface area contributed by atoms with Crippen LogP contribution in [0.25, 0.3) is 0 Å². The minimum absolute atomic E-state index is 0.315. The van der Waals surface area contributed by atoms with Crippen molar-refractivity contribution >= 4 is 8.60 Å². The van der Waals surface area contributed by atoms with E-state index in [2.05, 4.69) is 41.5 Å². The standard InChI is InChI=1S/C16H33N2O3P/c1-11-7-13(3)17(14(4)8-11)20-22(19)21-18-15(5)9-12(2)10-16(18)6/h11-16,19H,7-10H2,1-6H3. The number of rotatable bonds is 4. The molecule has 130 valence electrons. The van der Waals surface area contributed by atoms with Crippen LogP contribution in [0, 0.1) is 11.8 Å². The van der Waals surface area contributed by atoms with Crippen LogP contribution in [0.5, 0.6) is 0 Å². The highest BCUT2D eigenvalue weighted by Crippen LogP contribution is 2.42. The fourth-order valence-corrected chi connectivity index (χ4v) is 5.30. The second-order valence-electron chi connectivity index (χ2n) is 7.67. The van der Waals surface area contributed by atoms with Crippen molar-refractivity contribution in [3.8, 4) is 0 Å². The Bertz CT molecular complexity index is 304. The SMILES string of the molecule is CC1CC(C)N(OP(O)ON2C(C)CC(C)CC2C)C(C)C1. The third kappa shape index (κ3) is 4.62. The largest absolute Gasteiger partial charge is 0.366 e. The summed E-state index contributed by atoms with van der Waals surface area (Å²) >= 11 is 0. The number of nitrogens with zero attached hydrogens (tertiary/aromatic N) is 2. The zero-order valence-electron chi connectivity index (χ0n) is 14.9. The van der Waals surface area contributed by atoms with Crippen LogP contribution in [0.4, 0.5) is 0 Å². The molecule has 22 heavy (non-hydrogen) atoms. The summed E-state index contributed by atoms with van der Waals surface area (Å²) in [5, 5.41) is 3.88. The van der Waals surface area contributed by atoms with Gasteiger partial charge in [-0.2, -0.15) is 10.1 Å². The van der Waals surface area contributed by atoms with Gasteiger partial charge in [-0.25, -0.2) is 9.25 Å². The molecule has 2 aliphatic rings. The van der Waals surface area contributed by atoms with E-state index in [4.69, 9.17) is 9.25 Å². The molecular formula is C16H33N2O3P. The number of hydrogen-bond acceptors (Lipinski definition) is 5. The quantitative estimate of drug-likeness (QED) is 0.786. The maximum atomic E-state index is 10.3. The summed E-state index contributed by atoms with van der Waals surface area (Å²) in [6.45, 7) is 13.2. The Morgan fingerprint density at radius 1 is 0.682 bits per heavy atom. The minimum Gasteiger partial charge on any atom is -0.326 e. The van der Waals surface area contributed by atoms with Gasteiger partial charge < -0.3 is 4.89 Å². The fraction of sp³-hybridized carbons (Fsp3) is 1.00. The van der Waals surface area contributed by atoms with Gasteiger partial charge in [0.25, 0.3) is 0 Å². The maximum absolute atomic E-state index is 10.3. The molecule has 0 amide bonds. The molecule has 0 spiro atoms. The molecule has 2 aliphatic heterocycles. The van der Waals surface area contributed by atoms with E-state index < -0.39 is 8.60 Å². The molecule has 0 aromatic carbocycles. The van der Waals surface area contributed by atoms with Crippen molar-refractivity contribution in [3.05, 3.63) is 0 Å². The van der Waals surface area contributed by atoms with E-state index in [0.717, 1.165) is 25.7 Å². The summed E-state index contributed by atoms with van der Waals surface area (Å²) in [6.07, 6.45) is 4.40. The van der Waals surface area contributed by atoms with Crippen LogP contribution >= 0.6 is 8.60 Å². The fourth-order valence-electron chi connectivity index (χ4n) is 4.30. The van der Waals surface area contributed by atoms with Crippen LogP contribution in [-0.2, 0) is 9.25 Å². The molecule has 4 unspecified atom stereocenters. The van der Waals surface area contributed by atoms with Crippen molar-refractivity contribution < 1.29 is 14.1 Å². The van der Waals surface area contributed by atoms with Gasteiger partial charge >= 0.3 is 8.60 Å². The normalized spacial score (nSPS) is 43.2. The lowest BCUT2D eigenvalue weighted by Gasteiger charge is -2.43. The Hall–Kier alpha value is 0.230. The molecule has 5 nitrogen and oxygen atoms in total. The van der Waals surface area contributed by atoms with Crippen LogP contribution in [0.1, 0.15) is 67.2 Å². The summed E-state index contributed by atoms with van der Waals surface area (Å²) in [4.78, 5) is 10.3. The van der Waals surface area contributed by atoms with Crippen molar-refractivity contribution in [1.29, 1.82) is 0 Å². The lowest BCUT2D eigenvalue weighted by molar-refractivity contribution is -0.198. The molecule has 0 aromatic rings. The number of hydroxylamine groups is 4. The molecule has 2 heterocycles. The van der Waals surface area contributed by atoms with Crippen molar-refractivity contribution in [2.45, 2.75) is 91.4 Å². The lowest BCUT2D eigenvalue weighted by atomic mass is 9.90. The van der Waals surface area contributed by atoms with E-state index in [0.29, 0.717) is 36.0 Å². The zero-order valence-corrected chi connectivity index (χ0v) is 15.8. The molecule has 2 fully saturated rings. The number of piperidine rings is 2. The second kappa shape index (κ2) is 7.87. The minimum atomic E-state index is -1.91. The first-order valence-electron chi connectivity index (χ1n) is 8.69. The van der Waals surface area contributed by atoms with E-state index >= 15 is 0 Å². The molecule has 0 aliphatic carbocycles. The summed E-state index contributed by atoms with van der Waals surface area (Å²) in [6, 6.07) is 1.26. The monoisotopic (exact) mass is 332 g/mol. The van der Waals surface area contributed by atoms with Crippen LogP contribution in [0.2, 0.25) is 0 Å². The molecule has 0 aromatic heterocycles. The predicted molar refractivity (Wildman–Crippen MR) is 89.6 cm³/mol. The van der Waals surface area contributed by atoms with Crippen molar-refractivity contribution in [3.63, 3.8) is 0 Å². The van der Waals surface area contributed by atoms with E-state index in [1.165, 1.54) is 0 Å². The first-order valence-corrected chi connectivity index (χ1v) is 9.82. The highest BCUT2D eigenvalue weighted by Gasteiger charge is 2.35. The Kier molecular flexibility index (Phi) is 6.64. The van der Waals surface area contributed by atoms with Crippen molar-refractivity contribution in [2.75, 3.05) is 0 Å². The van der Waals surface area contributed by atoms with Crippen molar-refractivity contribution in [2.24, 2.45) is 11.8 Å². The molecule has 0 saturated carbocycles.